The highest BCUT2D eigenvalue weighted by molar-refractivity contribution is 7.09. The lowest BCUT2D eigenvalue weighted by molar-refractivity contribution is -0.153. The first-order chi connectivity index (χ1) is 8.95. The summed E-state index contributed by atoms with van der Waals surface area (Å²) in [5.74, 6) is 0.507. The maximum Gasteiger partial charge on any atom is 0.0897 e. The van der Waals surface area contributed by atoms with Crippen LogP contribution in [0.1, 0.15) is 31.0 Å². The highest BCUT2D eigenvalue weighted by atomic mass is 32.1. The molecule has 0 spiro atoms. The summed E-state index contributed by atoms with van der Waals surface area (Å²) in [4.78, 5) is 4.47. The second-order valence-electron chi connectivity index (χ2n) is 6.41. The van der Waals surface area contributed by atoms with Gasteiger partial charge in [-0.3, -0.25) is 0 Å². The Morgan fingerprint density at radius 1 is 1.58 bits per heavy atom. The minimum absolute atomic E-state index is 0.0547. The molecule has 2 aliphatic rings. The Kier molecular flexibility index (Phi) is 3.21. The van der Waals surface area contributed by atoms with Gasteiger partial charge in [-0.2, -0.15) is 0 Å². The van der Waals surface area contributed by atoms with Crippen molar-refractivity contribution < 1.29 is 4.74 Å². The van der Waals surface area contributed by atoms with Crippen LogP contribution in [0.2, 0.25) is 0 Å². The smallest absolute Gasteiger partial charge is 0.0897 e. The summed E-state index contributed by atoms with van der Waals surface area (Å²) in [6.07, 6.45) is 1.45. The molecule has 0 aromatic carbocycles. The molecule has 2 heterocycles. The zero-order valence-electron chi connectivity index (χ0n) is 11.9. The zero-order valence-corrected chi connectivity index (χ0v) is 12.7. The van der Waals surface area contributed by atoms with Gasteiger partial charge in [0.25, 0.3) is 0 Å². The van der Waals surface area contributed by atoms with E-state index in [1.807, 2.05) is 6.92 Å². The molecule has 0 bridgehead atoms. The lowest BCUT2D eigenvalue weighted by Crippen LogP contribution is -2.77. The number of aryl methyl sites for hydroxylation is 1. The van der Waals surface area contributed by atoms with E-state index in [4.69, 9.17) is 10.5 Å². The van der Waals surface area contributed by atoms with E-state index in [1.165, 1.54) is 0 Å². The lowest BCUT2D eigenvalue weighted by Gasteiger charge is -2.62. The molecule has 3 rings (SSSR count). The summed E-state index contributed by atoms with van der Waals surface area (Å²) in [5, 5.41) is 6.72. The molecule has 1 aromatic heterocycles. The quantitative estimate of drug-likeness (QED) is 0.881. The zero-order chi connectivity index (χ0) is 13.7. The summed E-state index contributed by atoms with van der Waals surface area (Å²) in [7, 11) is 0. The van der Waals surface area contributed by atoms with Crippen LogP contribution < -0.4 is 11.1 Å². The van der Waals surface area contributed by atoms with E-state index in [0.717, 1.165) is 36.8 Å². The van der Waals surface area contributed by atoms with E-state index in [-0.39, 0.29) is 11.0 Å². The Bertz CT molecular complexity index is 473. The van der Waals surface area contributed by atoms with Crippen LogP contribution in [-0.2, 0) is 11.3 Å². The van der Waals surface area contributed by atoms with Gasteiger partial charge in [0.15, 0.2) is 0 Å². The molecular formula is C14H23N3OS. The largest absolute Gasteiger partial charge is 0.377 e. The third kappa shape index (κ3) is 1.95. The Morgan fingerprint density at radius 2 is 2.37 bits per heavy atom. The second-order valence-corrected chi connectivity index (χ2v) is 7.47. The monoisotopic (exact) mass is 281 g/mol. The molecule has 106 valence electrons. The average Bonchev–Trinajstić information content (AvgIpc) is 2.97. The van der Waals surface area contributed by atoms with Crippen LogP contribution in [0.15, 0.2) is 5.38 Å². The molecule has 3 N–H and O–H groups in total. The summed E-state index contributed by atoms with van der Waals surface area (Å²) >= 11 is 1.69. The molecule has 1 aliphatic carbocycles. The number of rotatable bonds is 4. The van der Waals surface area contributed by atoms with Crippen molar-refractivity contribution >= 4 is 11.3 Å². The standard InChI is InChI=1S/C14H23N3OS/c1-9-17-10(7-19-9)6-16-8-14(15)11-4-5-18-12(11)13(14,2)3/h7,11-12,16H,4-6,8,15H2,1-3H3. The minimum Gasteiger partial charge on any atom is -0.377 e. The Hall–Kier alpha value is -0.490. The van der Waals surface area contributed by atoms with Crippen molar-refractivity contribution in [1.82, 2.24) is 10.3 Å². The average molecular weight is 281 g/mol. The third-order valence-corrected chi connectivity index (χ3v) is 5.88. The fourth-order valence-corrected chi connectivity index (χ4v) is 4.33. The maximum atomic E-state index is 6.67. The predicted octanol–water partition coefficient (Wildman–Crippen LogP) is 1.68. The minimum atomic E-state index is -0.154. The van der Waals surface area contributed by atoms with Crippen molar-refractivity contribution in [3.05, 3.63) is 16.1 Å². The fraction of sp³-hybridized carbons (Fsp3) is 0.786. The van der Waals surface area contributed by atoms with Crippen LogP contribution in [0.5, 0.6) is 0 Å². The SMILES string of the molecule is Cc1nc(CNCC2(N)C3CCOC3C2(C)C)cs1. The molecule has 1 aromatic rings. The number of hydrogen-bond donors (Lipinski definition) is 2. The highest BCUT2D eigenvalue weighted by Gasteiger charge is 2.67. The first-order valence-corrected chi connectivity index (χ1v) is 7.85. The van der Waals surface area contributed by atoms with Crippen molar-refractivity contribution in [3.63, 3.8) is 0 Å². The number of fused-ring (bicyclic) bond motifs is 1. The first kappa shape index (κ1) is 13.5. The van der Waals surface area contributed by atoms with Crippen LogP contribution in [0.4, 0.5) is 0 Å². The molecule has 3 unspecified atom stereocenters. The molecule has 4 nitrogen and oxygen atoms in total. The molecule has 19 heavy (non-hydrogen) atoms. The van der Waals surface area contributed by atoms with Crippen LogP contribution >= 0.6 is 11.3 Å². The van der Waals surface area contributed by atoms with Gasteiger partial charge in [0.1, 0.15) is 0 Å². The van der Waals surface area contributed by atoms with Gasteiger partial charge in [0.05, 0.1) is 16.8 Å². The normalized spacial score (nSPS) is 36.0. The molecule has 1 saturated carbocycles. The highest BCUT2D eigenvalue weighted by Crippen LogP contribution is 2.57. The van der Waals surface area contributed by atoms with Crippen LogP contribution in [0.3, 0.4) is 0 Å². The summed E-state index contributed by atoms with van der Waals surface area (Å²) in [5.41, 5.74) is 7.69. The van der Waals surface area contributed by atoms with Crippen LogP contribution in [0.25, 0.3) is 0 Å². The van der Waals surface area contributed by atoms with Gasteiger partial charge in [-0.15, -0.1) is 11.3 Å². The molecule has 0 radical (unpaired) electrons. The number of nitrogens with two attached hydrogens (primary N) is 1. The van der Waals surface area contributed by atoms with Gasteiger partial charge < -0.3 is 15.8 Å². The van der Waals surface area contributed by atoms with Crippen molar-refractivity contribution in [2.75, 3.05) is 13.2 Å². The second kappa shape index (κ2) is 4.52. The van der Waals surface area contributed by atoms with Gasteiger partial charge in [0, 0.05) is 41.9 Å². The molecule has 5 heteroatoms. The van der Waals surface area contributed by atoms with Crippen molar-refractivity contribution in [1.29, 1.82) is 0 Å². The van der Waals surface area contributed by atoms with E-state index in [0.29, 0.717) is 12.0 Å². The maximum absolute atomic E-state index is 6.67. The molecule has 1 aliphatic heterocycles. The van der Waals surface area contributed by atoms with Gasteiger partial charge in [0.2, 0.25) is 0 Å². The summed E-state index contributed by atoms with van der Waals surface area (Å²) in [6.45, 7) is 9.00. The van der Waals surface area contributed by atoms with Gasteiger partial charge in [-0.05, 0) is 13.3 Å². The molecule has 0 amide bonds. The molecule has 2 fully saturated rings. The first-order valence-electron chi connectivity index (χ1n) is 6.97. The van der Waals surface area contributed by atoms with Gasteiger partial charge in [-0.25, -0.2) is 4.98 Å². The Morgan fingerprint density at radius 3 is 3.05 bits per heavy atom. The van der Waals surface area contributed by atoms with Gasteiger partial charge in [-0.1, -0.05) is 13.8 Å². The van der Waals surface area contributed by atoms with E-state index in [2.05, 4.69) is 29.5 Å². The van der Waals surface area contributed by atoms with E-state index in [9.17, 15) is 0 Å². The van der Waals surface area contributed by atoms with Crippen LogP contribution in [-0.4, -0.2) is 29.8 Å². The topological polar surface area (TPSA) is 60.2 Å². The number of aromatic nitrogens is 1. The number of ether oxygens (including phenoxy) is 1. The van der Waals surface area contributed by atoms with E-state index in [1.54, 1.807) is 11.3 Å². The lowest BCUT2D eigenvalue weighted by atomic mass is 9.48. The van der Waals surface area contributed by atoms with Gasteiger partial charge >= 0.3 is 0 Å². The van der Waals surface area contributed by atoms with Crippen molar-refractivity contribution in [2.24, 2.45) is 17.1 Å². The number of nitrogens with zero attached hydrogens (tertiary/aromatic N) is 1. The number of hydrogen-bond acceptors (Lipinski definition) is 5. The third-order valence-electron chi connectivity index (χ3n) is 5.05. The summed E-state index contributed by atoms with van der Waals surface area (Å²) < 4.78 is 5.81. The Balaban J connectivity index is 1.60. The fourth-order valence-electron chi connectivity index (χ4n) is 3.72. The number of nitrogens with one attached hydrogen (secondary N) is 1. The Labute approximate surface area is 118 Å². The predicted molar refractivity (Wildman–Crippen MR) is 77.1 cm³/mol. The van der Waals surface area contributed by atoms with E-state index >= 15 is 0 Å². The number of thiazole rings is 1. The van der Waals surface area contributed by atoms with Crippen molar-refractivity contribution in [2.45, 2.75) is 45.4 Å². The molecular weight excluding hydrogens is 258 g/mol. The van der Waals surface area contributed by atoms with Crippen molar-refractivity contribution in [3.8, 4) is 0 Å². The molecule has 3 atom stereocenters. The van der Waals surface area contributed by atoms with E-state index < -0.39 is 0 Å². The molecule has 1 saturated heterocycles. The van der Waals surface area contributed by atoms with Crippen LogP contribution in [0, 0.1) is 18.3 Å². The summed E-state index contributed by atoms with van der Waals surface area (Å²) in [6, 6.07) is 0.